The van der Waals surface area contributed by atoms with Crippen LogP contribution in [0.5, 0.6) is 0 Å². The maximum atomic E-state index is 12.2. The number of hydrogen-bond donors (Lipinski definition) is 1. The molecule has 23 heavy (non-hydrogen) atoms. The van der Waals surface area contributed by atoms with Gasteiger partial charge in [-0.1, -0.05) is 15.9 Å². The first-order valence-electron chi connectivity index (χ1n) is 7.32. The number of pyridine rings is 1. The molecule has 2 heterocycles. The van der Waals surface area contributed by atoms with E-state index in [0.29, 0.717) is 11.9 Å². The highest BCUT2D eigenvalue weighted by atomic mass is 79.9. The lowest BCUT2D eigenvalue weighted by atomic mass is 10.3. The molecule has 0 fully saturated rings. The van der Waals surface area contributed by atoms with E-state index in [1.807, 2.05) is 37.3 Å². The largest absolute Gasteiger partial charge is 0.338 e. The second kappa shape index (κ2) is 6.42. The Labute approximate surface area is 141 Å². The second-order valence-corrected chi connectivity index (χ2v) is 6.12. The molecule has 0 saturated heterocycles. The standard InChI is InChI=1S/C17H16BrN3O2/c1-2-20-10-8-15-14(17(20)23)7-9-21(15)11-16(22)19-13-5-3-12(18)4-6-13/h3-10H,2,11H2,1H3,(H,19,22). The molecular weight excluding hydrogens is 358 g/mol. The van der Waals surface area contributed by atoms with E-state index in [-0.39, 0.29) is 18.0 Å². The second-order valence-electron chi connectivity index (χ2n) is 5.20. The molecule has 1 amide bonds. The number of aromatic nitrogens is 2. The van der Waals surface area contributed by atoms with Gasteiger partial charge in [-0.2, -0.15) is 0 Å². The molecule has 0 unspecified atom stereocenters. The van der Waals surface area contributed by atoms with Crippen LogP contribution in [0, 0.1) is 0 Å². The maximum Gasteiger partial charge on any atom is 0.259 e. The summed E-state index contributed by atoms with van der Waals surface area (Å²) in [7, 11) is 0. The van der Waals surface area contributed by atoms with Crippen molar-refractivity contribution in [2.75, 3.05) is 5.32 Å². The monoisotopic (exact) mass is 373 g/mol. The Bertz CT molecular complexity index is 910. The van der Waals surface area contributed by atoms with E-state index in [0.717, 1.165) is 15.7 Å². The molecule has 1 aromatic carbocycles. The normalized spacial score (nSPS) is 10.9. The van der Waals surface area contributed by atoms with Crippen molar-refractivity contribution < 1.29 is 4.79 Å². The van der Waals surface area contributed by atoms with Gasteiger partial charge in [0.25, 0.3) is 5.56 Å². The summed E-state index contributed by atoms with van der Waals surface area (Å²) in [6, 6.07) is 11.0. The Kier molecular flexibility index (Phi) is 4.34. The van der Waals surface area contributed by atoms with E-state index >= 15 is 0 Å². The number of benzene rings is 1. The molecule has 1 N–H and O–H groups in total. The predicted molar refractivity (Wildman–Crippen MR) is 94.6 cm³/mol. The summed E-state index contributed by atoms with van der Waals surface area (Å²) in [5.41, 5.74) is 1.48. The van der Waals surface area contributed by atoms with E-state index in [2.05, 4.69) is 21.2 Å². The molecule has 3 rings (SSSR count). The van der Waals surface area contributed by atoms with E-state index < -0.39 is 0 Å². The molecule has 5 nitrogen and oxygen atoms in total. The zero-order chi connectivity index (χ0) is 16.4. The lowest BCUT2D eigenvalue weighted by molar-refractivity contribution is -0.116. The molecule has 0 bridgehead atoms. The van der Waals surface area contributed by atoms with Gasteiger partial charge in [0.05, 0.1) is 10.9 Å². The number of nitrogens with zero attached hydrogens (tertiary/aromatic N) is 2. The predicted octanol–water partition coefficient (Wildman–Crippen LogP) is 3.22. The molecule has 0 atom stereocenters. The fourth-order valence-corrected chi connectivity index (χ4v) is 2.77. The lowest BCUT2D eigenvalue weighted by Crippen LogP contribution is -2.20. The highest BCUT2D eigenvalue weighted by molar-refractivity contribution is 9.10. The summed E-state index contributed by atoms with van der Waals surface area (Å²) < 4.78 is 4.39. The Morgan fingerprint density at radius 3 is 2.48 bits per heavy atom. The molecule has 0 aliphatic carbocycles. The number of carbonyl (C=O) groups is 1. The maximum absolute atomic E-state index is 12.2. The number of rotatable bonds is 4. The number of halogens is 1. The third-order valence-electron chi connectivity index (χ3n) is 3.69. The fourth-order valence-electron chi connectivity index (χ4n) is 2.51. The topological polar surface area (TPSA) is 56.0 Å². The summed E-state index contributed by atoms with van der Waals surface area (Å²) in [5, 5.41) is 3.48. The smallest absolute Gasteiger partial charge is 0.259 e. The van der Waals surface area contributed by atoms with Crippen molar-refractivity contribution in [3.8, 4) is 0 Å². The van der Waals surface area contributed by atoms with Crippen LogP contribution >= 0.6 is 15.9 Å². The molecule has 0 aliphatic heterocycles. The Morgan fingerprint density at radius 1 is 1.09 bits per heavy atom. The minimum atomic E-state index is -0.135. The van der Waals surface area contributed by atoms with Crippen LogP contribution in [0.3, 0.4) is 0 Å². The van der Waals surface area contributed by atoms with Gasteiger partial charge in [-0.05, 0) is 43.3 Å². The summed E-state index contributed by atoms with van der Waals surface area (Å²) in [4.78, 5) is 24.4. The van der Waals surface area contributed by atoms with Crippen molar-refractivity contribution in [3.63, 3.8) is 0 Å². The van der Waals surface area contributed by atoms with Crippen LogP contribution in [0.15, 0.2) is 58.1 Å². The van der Waals surface area contributed by atoms with Gasteiger partial charge in [-0.25, -0.2) is 0 Å². The number of amides is 1. The van der Waals surface area contributed by atoms with Gasteiger partial charge in [0.1, 0.15) is 6.54 Å². The Hall–Kier alpha value is -2.34. The van der Waals surface area contributed by atoms with Crippen molar-refractivity contribution in [1.29, 1.82) is 0 Å². The molecule has 0 saturated carbocycles. The molecule has 0 spiro atoms. The van der Waals surface area contributed by atoms with Gasteiger partial charge in [0.2, 0.25) is 5.91 Å². The third-order valence-corrected chi connectivity index (χ3v) is 4.22. The van der Waals surface area contributed by atoms with Gasteiger partial charge in [0, 0.05) is 29.1 Å². The van der Waals surface area contributed by atoms with Gasteiger partial charge >= 0.3 is 0 Å². The van der Waals surface area contributed by atoms with Crippen LogP contribution < -0.4 is 10.9 Å². The number of fused-ring (bicyclic) bond motifs is 1. The van der Waals surface area contributed by atoms with Gasteiger partial charge in [0.15, 0.2) is 0 Å². The highest BCUT2D eigenvalue weighted by Crippen LogP contribution is 2.15. The Morgan fingerprint density at radius 2 is 1.78 bits per heavy atom. The van der Waals surface area contributed by atoms with Crippen LogP contribution in [0.25, 0.3) is 10.9 Å². The average Bonchev–Trinajstić information content (AvgIpc) is 2.94. The zero-order valence-electron chi connectivity index (χ0n) is 12.6. The first kappa shape index (κ1) is 15.6. The van der Waals surface area contributed by atoms with E-state index in [1.165, 1.54) is 0 Å². The average molecular weight is 374 g/mol. The van der Waals surface area contributed by atoms with Gasteiger partial charge < -0.3 is 14.5 Å². The van der Waals surface area contributed by atoms with Crippen molar-refractivity contribution in [3.05, 3.63) is 63.6 Å². The molecule has 3 aromatic rings. The fraction of sp³-hybridized carbons (Fsp3) is 0.176. The van der Waals surface area contributed by atoms with Crippen LogP contribution in [0.2, 0.25) is 0 Å². The van der Waals surface area contributed by atoms with Crippen LogP contribution in [-0.4, -0.2) is 15.0 Å². The van der Waals surface area contributed by atoms with Crippen molar-refractivity contribution >= 4 is 38.4 Å². The summed E-state index contributed by atoms with van der Waals surface area (Å²) >= 11 is 3.36. The molecule has 118 valence electrons. The van der Waals surface area contributed by atoms with Crippen molar-refractivity contribution in [2.24, 2.45) is 0 Å². The first-order valence-corrected chi connectivity index (χ1v) is 8.11. The highest BCUT2D eigenvalue weighted by Gasteiger charge is 2.09. The van der Waals surface area contributed by atoms with Crippen molar-refractivity contribution in [2.45, 2.75) is 20.0 Å². The van der Waals surface area contributed by atoms with Crippen LogP contribution in [0.4, 0.5) is 5.69 Å². The zero-order valence-corrected chi connectivity index (χ0v) is 14.2. The Balaban J connectivity index is 1.81. The molecule has 0 aliphatic rings. The summed E-state index contributed by atoms with van der Waals surface area (Å²) in [6.07, 6.45) is 3.53. The molecule has 6 heteroatoms. The summed E-state index contributed by atoms with van der Waals surface area (Å²) in [6.45, 7) is 2.72. The number of anilines is 1. The van der Waals surface area contributed by atoms with Gasteiger partial charge in [-0.15, -0.1) is 0 Å². The quantitative estimate of drug-likeness (QED) is 0.763. The van der Waals surface area contributed by atoms with Crippen molar-refractivity contribution in [1.82, 2.24) is 9.13 Å². The third kappa shape index (κ3) is 3.22. The SMILES string of the molecule is CCn1ccc2c(ccn2CC(=O)Nc2ccc(Br)cc2)c1=O. The van der Waals surface area contributed by atoms with E-state index in [1.54, 1.807) is 27.6 Å². The van der Waals surface area contributed by atoms with Crippen LogP contribution in [-0.2, 0) is 17.9 Å². The minimum Gasteiger partial charge on any atom is -0.338 e. The van der Waals surface area contributed by atoms with Gasteiger partial charge in [-0.3, -0.25) is 9.59 Å². The summed E-state index contributed by atoms with van der Waals surface area (Å²) in [5.74, 6) is -0.135. The molecular formula is C17H16BrN3O2. The molecule has 2 aromatic heterocycles. The number of carbonyl (C=O) groups excluding carboxylic acids is 1. The van der Waals surface area contributed by atoms with E-state index in [4.69, 9.17) is 0 Å². The first-order chi connectivity index (χ1) is 11.1. The van der Waals surface area contributed by atoms with E-state index in [9.17, 15) is 9.59 Å². The van der Waals surface area contributed by atoms with Crippen LogP contribution in [0.1, 0.15) is 6.92 Å². The number of aryl methyl sites for hydroxylation is 1. The number of nitrogens with one attached hydrogen (secondary N) is 1. The molecule has 0 radical (unpaired) electrons. The minimum absolute atomic E-state index is 0.0305. The number of hydrogen-bond acceptors (Lipinski definition) is 2. The lowest BCUT2D eigenvalue weighted by Gasteiger charge is -2.08.